The second-order valence-corrected chi connectivity index (χ2v) is 7.77. The van der Waals surface area contributed by atoms with E-state index in [0.29, 0.717) is 21.7 Å². The summed E-state index contributed by atoms with van der Waals surface area (Å²) in [6.07, 6.45) is 1.62. The summed E-state index contributed by atoms with van der Waals surface area (Å²) in [5.74, 6) is -1.99. The molecule has 0 radical (unpaired) electrons. The average molecular weight is 444 g/mol. The van der Waals surface area contributed by atoms with Crippen LogP contribution in [0.1, 0.15) is 26.3 Å². The molecule has 4 rings (SSSR count). The molecule has 8 heteroatoms. The molecule has 158 valence electrons. The van der Waals surface area contributed by atoms with Crippen molar-refractivity contribution < 1.29 is 24.6 Å². The lowest BCUT2D eigenvalue weighted by atomic mass is 10.2. The van der Waals surface area contributed by atoms with Crippen molar-refractivity contribution in [1.29, 1.82) is 0 Å². The quantitative estimate of drug-likeness (QED) is 0.452. The van der Waals surface area contributed by atoms with Crippen LogP contribution in [0, 0.1) is 0 Å². The van der Waals surface area contributed by atoms with Gasteiger partial charge in [0.05, 0.1) is 16.2 Å². The highest BCUT2D eigenvalue weighted by Crippen LogP contribution is 2.35. The van der Waals surface area contributed by atoms with E-state index in [1.54, 1.807) is 48.5 Å². The van der Waals surface area contributed by atoms with Gasteiger partial charge in [-0.15, -0.1) is 0 Å². The number of aromatic hydroxyl groups is 1. The van der Waals surface area contributed by atoms with Gasteiger partial charge >= 0.3 is 5.97 Å². The largest absolute Gasteiger partial charge is 0.508 e. The zero-order valence-corrected chi connectivity index (χ0v) is 17.3. The minimum absolute atomic E-state index is 0.102. The molecule has 1 fully saturated rings. The molecule has 1 aliphatic rings. The number of carbonyl (C=O) groups is 3. The Kier molecular flexibility index (Phi) is 5.87. The van der Waals surface area contributed by atoms with Crippen LogP contribution in [0.5, 0.6) is 5.75 Å². The summed E-state index contributed by atoms with van der Waals surface area (Å²) < 4.78 is 0. The van der Waals surface area contributed by atoms with E-state index in [-0.39, 0.29) is 16.5 Å². The van der Waals surface area contributed by atoms with Crippen molar-refractivity contribution in [3.05, 3.63) is 100 Å². The highest BCUT2D eigenvalue weighted by molar-refractivity contribution is 8.18. The van der Waals surface area contributed by atoms with E-state index in [4.69, 9.17) is 5.11 Å². The lowest BCUT2D eigenvalue weighted by molar-refractivity contribution is -0.120. The average Bonchev–Trinajstić information content (AvgIpc) is 3.10. The summed E-state index contributed by atoms with van der Waals surface area (Å²) in [7, 11) is 0. The number of benzene rings is 3. The van der Waals surface area contributed by atoms with E-state index in [1.807, 2.05) is 0 Å². The summed E-state index contributed by atoms with van der Waals surface area (Å²) in [6.45, 7) is 0. The van der Waals surface area contributed by atoms with Crippen molar-refractivity contribution in [3.8, 4) is 5.75 Å². The maximum Gasteiger partial charge on any atom is 0.335 e. The predicted octanol–water partition coefficient (Wildman–Crippen LogP) is 4.53. The van der Waals surface area contributed by atoms with Crippen LogP contribution in [0.15, 0.2) is 88.8 Å². The molecule has 1 saturated heterocycles. The number of aliphatic imine (C=N–C) groups is 1. The van der Waals surface area contributed by atoms with Crippen LogP contribution in [0.4, 0.5) is 5.69 Å². The van der Waals surface area contributed by atoms with E-state index in [9.17, 15) is 19.5 Å². The molecular formula is C24H16N2O5S. The number of hydrogen-bond donors (Lipinski definition) is 2. The maximum absolute atomic E-state index is 13.1. The lowest BCUT2D eigenvalue weighted by Gasteiger charge is -2.13. The fourth-order valence-electron chi connectivity index (χ4n) is 2.95. The summed E-state index contributed by atoms with van der Waals surface area (Å²) >= 11 is 1.04. The summed E-state index contributed by atoms with van der Waals surface area (Å²) in [4.78, 5) is 43.1. The molecule has 0 atom stereocenters. The molecule has 2 amide bonds. The van der Waals surface area contributed by atoms with Crippen LogP contribution in [-0.4, -0.2) is 38.1 Å². The number of carboxylic acids is 1. The molecule has 0 saturated carbocycles. The fraction of sp³-hybridized carbons (Fsp3) is 0. The molecule has 2 N–H and O–H groups in total. The Morgan fingerprint density at radius 1 is 0.875 bits per heavy atom. The molecular weight excluding hydrogens is 428 g/mol. The third-order valence-corrected chi connectivity index (χ3v) is 5.53. The van der Waals surface area contributed by atoms with Crippen molar-refractivity contribution in [2.75, 3.05) is 0 Å². The number of amides is 2. The zero-order chi connectivity index (χ0) is 22.7. The number of hydrogen-bond acceptors (Lipinski definition) is 6. The molecule has 0 unspecified atom stereocenters. The molecule has 1 heterocycles. The van der Waals surface area contributed by atoms with Crippen LogP contribution < -0.4 is 0 Å². The van der Waals surface area contributed by atoms with Crippen LogP contribution in [0.2, 0.25) is 0 Å². The van der Waals surface area contributed by atoms with Crippen LogP contribution in [-0.2, 0) is 4.79 Å². The highest BCUT2D eigenvalue weighted by Gasteiger charge is 2.38. The van der Waals surface area contributed by atoms with Gasteiger partial charge in [-0.2, -0.15) is 0 Å². The number of carbonyl (C=O) groups excluding carboxylic acids is 2. The van der Waals surface area contributed by atoms with Gasteiger partial charge in [-0.05, 0) is 71.9 Å². The second-order valence-electron chi connectivity index (χ2n) is 6.76. The molecule has 0 aromatic heterocycles. The highest BCUT2D eigenvalue weighted by atomic mass is 32.2. The third-order valence-electron chi connectivity index (χ3n) is 4.56. The molecule has 3 aromatic carbocycles. The first kappa shape index (κ1) is 21.1. The molecule has 32 heavy (non-hydrogen) atoms. The normalized spacial score (nSPS) is 16.0. The van der Waals surface area contributed by atoms with Crippen molar-refractivity contribution in [2.45, 2.75) is 0 Å². The molecule has 1 aliphatic heterocycles. The fourth-order valence-corrected chi connectivity index (χ4v) is 3.93. The van der Waals surface area contributed by atoms with Gasteiger partial charge in [0.1, 0.15) is 5.75 Å². The number of thioether (sulfide) groups is 1. The van der Waals surface area contributed by atoms with Gasteiger partial charge < -0.3 is 10.2 Å². The molecule has 7 nitrogen and oxygen atoms in total. The Hall–Kier alpha value is -4.17. The summed E-state index contributed by atoms with van der Waals surface area (Å²) in [5, 5.41) is 18.7. The van der Waals surface area contributed by atoms with Gasteiger partial charge in [-0.25, -0.2) is 14.7 Å². The number of phenols is 1. The number of imide groups is 1. The van der Waals surface area contributed by atoms with E-state index in [1.165, 1.54) is 36.4 Å². The van der Waals surface area contributed by atoms with Gasteiger partial charge in [-0.1, -0.05) is 30.3 Å². The van der Waals surface area contributed by atoms with Gasteiger partial charge in [0, 0.05) is 5.56 Å². The first-order chi connectivity index (χ1) is 15.4. The summed E-state index contributed by atoms with van der Waals surface area (Å²) in [6, 6.07) is 20.5. The zero-order valence-electron chi connectivity index (χ0n) is 16.5. The molecule has 0 aliphatic carbocycles. The standard InChI is InChI=1S/C24H16N2O5S/c27-19-12-6-15(7-13-19)14-20-22(29)26(21(28)16-4-2-1-3-5-16)24(32-20)25-18-10-8-17(9-11-18)23(30)31/h1-14,27H,(H,30,31). The van der Waals surface area contributed by atoms with Crippen LogP contribution in [0.25, 0.3) is 6.08 Å². The van der Waals surface area contributed by atoms with E-state index in [0.717, 1.165) is 16.7 Å². The molecule has 0 spiro atoms. The van der Waals surface area contributed by atoms with Crippen LogP contribution in [0.3, 0.4) is 0 Å². The van der Waals surface area contributed by atoms with Crippen molar-refractivity contribution in [2.24, 2.45) is 4.99 Å². The molecule has 0 bridgehead atoms. The predicted molar refractivity (Wildman–Crippen MR) is 122 cm³/mol. The van der Waals surface area contributed by atoms with Crippen LogP contribution >= 0.6 is 11.8 Å². The van der Waals surface area contributed by atoms with Crippen molar-refractivity contribution >= 4 is 46.5 Å². The van der Waals surface area contributed by atoms with Crippen molar-refractivity contribution in [3.63, 3.8) is 0 Å². The third kappa shape index (κ3) is 4.45. The SMILES string of the molecule is O=C(O)c1ccc(N=C2SC(=Cc3ccc(O)cc3)C(=O)N2C(=O)c2ccccc2)cc1. The van der Waals surface area contributed by atoms with Crippen molar-refractivity contribution in [1.82, 2.24) is 4.90 Å². The number of phenolic OH excluding ortho intramolecular Hbond substituents is 1. The topological polar surface area (TPSA) is 107 Å². The minimum Gasteiger partial charge on any atom is -0.508 e. The first-order valence-electron chi connectivity index (χ1n) is 9.47. The Balaban J connectivity index is 1.74. The minimum atomic E-state index is -1.06. The Morgan fingerprint density at radius 3 is 2.16 bits per heavy atom. The van der Waals surface area contributed by atoms with E-state index in [2.05, 4.69) is 4.99 Å². The Labute approximate surface area is 187 Å². The smallest absolute Gasteiger partial charge is 0.335 e. The van der Waals surface area contributed by atoms with Gasteiger partial charge in [-0.3, -0.25) is 9.59 Å². The number of rotatable bonds is 4. The Morgan fingerprint density at radius 2 is 1.53 bits per heavy atom. The number of nitrogens with zero attached hydrogens (tertiary/aromatic N) is 2. The van der Waals surface area contributed by atoms with Gasteiger partial charge in [0.2, 0.25) is 0 Å². The Bertz CT molecular complexity index is 1250. The number of amidine groups is 1. The molecule has 3 aromatic rings. The van der Waals surface area contributed by atoms with E-state index < -0.39 is 17.8 Å². The summed E-state index contributed by atoms with van der Waals surface area (Å²) in [5.41, 5.74) is 1.52. The second kappa shape index (κ2) is 8.91. The number of carboxylic acid groups (broad SMARTS) is 1. The number of aromatic carboxylic acids is 1. The monoisotopic (exact) mass is 444 g/mol. The van der Waals surface area contributed by atoms with Gasteiger partial charge in [0.25, 0.3) is 11.8 Å². The first-order valence-corrected chi connectivity index (χ1v) is 10.3. The van der Waals surface area contributed by atoms with E-state index >= 15 is 0 Å². The maximum atomic E-state index is 13.1. The lowest BCUT2D eigenvalue weighted by Crippen LogP contribution is -2.35. The van der Waals surface area contributed by atoms with Gasteiger partial charge in [0.15, 0.2) is 5.17 Å².